The molecule has 0 atom stereocenters. The third-order valence-corrected chi connectivity index (χ3v) is 2.24. The van der Waals surface area contributed by atoms with Crippen molar-refractivity contribution in [1.29, 1.82) is 0 Å². The van der Waals surface area contributed by atoms with Gasteiger partial charge in [-0.05, 0) is 18.2 Å². The maximum atomic E-state index is 13.5. The number of carbonyl (C=O) groups is 1. The van der Waals surface area contributed by atoms with E-state index in [4.69, 9.17) is 22.7 Å². The average Bonchev–Trinajstić information content (AvgIpc) is 2.30. The average molecular weight is 257 g/mol. The van der Waals surface area contributed by atoms with Crippen molar-refractivity contribution in [2.75, 3.05) is 13.7 Å². The minimum Gasteiger partial charge on any atom is -0.490 e. The van der Waals surface area contributed by atoms with E-state index in [-0.39, 0.29) is 23.8 Å². The Morgan fingerprint density at radius 1 is 1.53 bits per heavy atom. The number of benzene rings is 1. The molecule has 17 heavy (non-hydrogen) atoms. The van der Waals surface area contributed by atoms with E-state index >= 15 is 0 Å². The van der Waals surface area contributed by atoms with Crippen LogP contribution in [-0.2, 0) is 9.53 Å². The second kappa shape index (κ2) is 6.15. The normalized spacial score (nSPS) is 9.76. The van der Waals surface area contributed by atoms with Gasteiger partial charge in [0.15, 0.2) is 11.6 Å². The largest absolute Gasteiger partial charge is 0.490 e. The van der Waals surface area contributed by atoms with E-state index in [2.05, 4.69) is 4.74 Å². The highest BCUT2D eigenvalue weighted by molar-refractivity contribution is 7.80. The van der Waals surface area contributed by atoms with E-state index in [9.17, 15) is 9.18 Å². The zero-order valence-corrected chi connectivity index (χ0v) is 10.1. The number of methoxy groups -OCH3 is 1. The summed E-state index contributed by atoms with van der Waals surface area (Å²) < 4.78 is 23.0. The van der Waals surface area contributed by atoms with Crippen molar-refractivity contribution >= 4 is 23.2 Å². The van der Waals surface area contributed by atoms with Crippen molar-refractivity contribution < 1.29 is 18.7 Å². The minimum atomic E-state index is -0.569. The Labute approximate surface area is 104 Å². The Balaban J connectivity index is 2.60. The minimum absolute atomic E-state index is 0.0499. The molecule has 0 amide bonds. The molecule has 0 aliphatic carbocycles. The summed E-state index contributed by atoms with van der Waals surface area (Å²) in [6.07, 6.45) is 0.0625. The number of ether oxygens (including phenoxy) is 2. The van der Waals surface area contributed by atoms with Crippen LogP contribution in [0.4, 0.5) is 4.39 Å². The summed E-state index contributed by atoms with van der Waals surface area (Å²) in [5.74, 6) is -0.931. The lowest BCUT2D eigenvalue weighted by Crippen LogP contribution is -2.11. The van der Waals surface area contributed by atoms with Crippen LogP contribution in [0, 0.1) is 5.82 Å². The summed E-state index contributed by atoms with van der Waals surface area (Å²) in [6, 6.07) is 4.16. The summed E-state index contributed by atoms with van der Waals surface area (Å²) in [7, 11) is 1.28. The van der Waals surface area contributed by atoms with Crippen LogP contribution in [0.15, 0.2) is 18.2 Å². The van der Waals surface area contributed by atoms with Crippen LogP contribution in [-0.4, -0.2) is 24.7 Å². The van der Waals surface area contributed by atoms with Crippen LogP contribution in [0.5, 0.6) is 5.75 Å². The molecular formula is C11H12FNO3S. The number of carbonyl (C=O) groups excluding carboxylic acids is 1. The first-order valence-electron chi connectivity index (χ1n) is 4.83. The van der Waals surface area contributed by atoms with Crippen molar-refractivity contribution in [1.82, 2.24) is 0 Å². The zero-order chi connectivity index (χ0) is 12.8. The van der Waals surface area contributed by atoms with E-state index in [1.54, 1.807) is 6.07 Å². The van der Waals surface area contributed by atoms with Gasteiger partial charge in [0.05, 0.1) is 20.1 Å². The molecular weight excluding hydrogens is 245 g/mol. The molecule has 2 N–H and O–H groups in total. The molecule has 0 unspecified atom stereocenters. The summed E-state index contributed by atoms with van der Waals surface area (Å²) in [4.78, 5) is 10.9. The van der Waals surface area contributed by atoms with Gasteiger partial charge < -0.3 is 15.2 Å². The van der Waals surface area contributed by atoms with Crippen LogP contribution in [0.1, 0.15) is 12.0 Å². The van der Waals surface area contributed by atoms with E-state index in [1.807, 2.05) is 0 Å². The van der Waals surface area contributed by atoms with E-state index in [0.29, 0.717) is 5.56 Å². The Hall–Kier alpha value is -1.69. The van der Waals surface area contributed by atoms with Crippen molar-refractivity contribution in [2.45, 2.75) is 6.42 Å². The smallest absolute Gasteiger partial charge is 0.308 e. The number of nitrogens with two attached hydrogens (primary N) is 1. The fourth-order valence-electron chi connectivity index (χ4n) is 1.12. The van der Waals surface area contributed by atoms with Crippen molar-refractivity contribution in [3.8, 4) is 5.75 Å². The summed E-state index contributed by atoms with van der Waals surface area (Å²) >= 11 is 4.71. The van der Waals surface area contributed by atoms with Crippen LogP contribution >= 0.6 is 12.2 Å². The van der Waals surface area contributed by atoms with Gasteiger partial charge in [-0.1, -0.05) is 12.2 Å². The number of thiocarbonyl (C=S) groups is 1. The summed E-state index contributed by atoms with van der Waals surface area (Å²) in [6.45, 7) is 0.0516. The predicted octanol–water partition coefficient (Wildman–Crippen LogP) is 1.40. The lowest BCUT2D eigenvalue weighted by molar-refractivity contribution is -0.141. The van der Waals surface area contributed by atoms with Gasteiger partial charge in [0, 0.05) is 5.56 Å². The highest BCUT2D eigenvalue weighted by Gasteiger charge is 2.07. The first kappa shape index (κ1) is 13.4. The molecule has 0 saturated carbocycles. The Bertz CT molecular complexity index is 437. The molecule has 6 heteroatoms. The van der Waals surface area contributed by atoms with Gasteiger partial charge in [-0.2, -0.15) is 0 Å². The number of esters is 1. The molecule has 0 heterocycles. The quantitative estimate of drug-likeness (QED) is 0.638. The highest BCUT2D eigenvalue weighted by Crippen LogP contribution is 2.18. The van der Waals surface area contributed by atoms with Gasteiger partial charge in [-0.15, -0.1) is 0 Å². The van der Waals surface area contributed by atoms with Gasteiger partial charge in [-0.3, -0.25) is 4.79 Å². The molecule has 0 bridgehead atoms. The molecule has 1 rings (SSSR count). The molecule has 0 aliphatic heterocycles. The number of hydrogen-bond acceptors (Lipinski definition) is 4. The van der Waals surface area contributed by atoms with Crippen LogP contribution in [0.3, 0.4) is 0 Å². The van der Waals surface area contributed by atoms with Crippen molar-refractivity contribution in [3.63, 3.8) is 0 Å². The monoisotopic (exact) mass is 257 g/mol. The second-order valence-corrected chi connectivity index (χ2v) is 3.62. The highest BCUT2D eigenvalue weighted by atomic mass is 32.1. The first-order valence-corrected chi connectivity index (χ1v) is 5.24. The number of rotatable bonds is 5. The molecule has 4 nitrogen and oxygen atoms in total. The molecule has 0 fully saturated rings. The predicted molar refractivity (Wildman–Crippen MR) is 64.4 cm³/mol. The fourth-order valence-corrected chi connectivity index (χ4v) is 1.24. The Morgan fingerprint density at radius 3 is 2.76 bits per heavy atom. The SMILES string of the molecule is COC(=O)CCOc1ccc(C(N)=S)cc1F. The standard InChI is InChI=1S/C11H12FNO3S/c1-15-10(14)4-5-16-9-3-2-7(11(13)17)6-8(9)12/h2-3,6H,4-5H2,1H3,(H2,13,17). The third-order valence-electron chi connectivity index (χ3n) is 2.01. The molecule has 0 spiro atoms. The molecule has 0 saturated heterocycles. The summed E-state index contributed by atoms with van der Waals surface area (Å²) in [5, 5.41) is 0. The van der Waals surface area contributed by atoms with Crippen molar-refractivity contribution in [3.05, 3.63) is 29.6 Å². The molecule has 1 aromatic carbocycles. The number of hydrogen-bond donors (Lipinski definition) is 1. The van der Waals surface area contributed by atoms with E-state index in [0.717, 1.165) is 0 Å². The lowest BCUT2D eigenvalue weighted by atomic mass is 10.2. The molecule has 92 valence electrons. The Kier molecular flexibility index (Phi) is 4.84. The van der Waals surface area contributed by atoms with Gasteiger partial charge in [-0.25, -0.2) is 4.39 Å². The van der Waals surface area contributed by atoms with Crippen molar-refractivity contribution in [2.24, 2.45) is 5.73 Å². The Morgan fingerprint density at radius 2 is 2.24 bits per heavy atom. The van der Waals surface area contributed by atoms with Crippen LogP contribution in [0.2, 0.25) is 0 Å². The lowest BCUT2D eigenvalue weighted by Gasteiger charge is -2.07. The van der Waals surface area contributed by atoms with Gasteiger partial charge in [0.2, 0.25) is 0 Å². The van der Waals surface area contributed by atoms with Gasteiger partial charge in [0.1, 0.15) is 4.99 Å². The van der Waals surface area contributed by atoms with E-state index < -0.39 is 11.8 Å². The topological polar surface area (TPSA) is 61.5 Å². The molecule has 1 aromatic rings. The number of halogens is 1. The van der Waals surface area contributed by atoms with Gasteiger partial charge in [0.25, 0.3) is 0 Å². The van der Waals surface area contributed by atoms with E-state index in [1.165, 1.54) is 19.2 Å². The van der Waals surface area contributed by atoms with Crippen LogP contribution < -0.4 is 10.5 Å². The molecule has 0 radical (unpaired) electrons. The fraction of sp³-hybridized carbons (Fsp3) is 0.273. The maximum Gasteiger partial charge on any atom is 0.308 e. The molecule has 0 aliphatic rings. The first-order chi connectivity index (χ1) is 8.04. The maximum absolute atomic E-state index is 13.5. The molecule has 0 aromatic heterocycles. The van der Waals surface area contributed by atoms with Gasteiger partial charge >= 0.3 is 5.97 Å². The second-order valence-electron chi connectivity index (χ2n) is 3.18. The third kappa shape index (κ3) is 3.99. The summed E-state index contributed by atoms with van der Waals surface area (Å²) in [5.41, 5.74) is 5.78. The van der Waals surface area contributed by atoms with Crippen LogP contribution in [0.25, 0.3) is 0 Å². The zero-order valence-electron chi connectivity index (χ0n) is 9.23.